The Hall–Kier alpha value is -1.62. The summed E-state index contributed by atoms with van der Waals surface area (Å²) in [5.74, 6) is 0.468. The normalized spacial score (nSPS) is 11.0. The molecule has 2 rings (SSSR count). The highest BCUT2D eigenvalue weighted by atomic mass is 16.5. The zero-order valence-corrected chi connectivity index (χ0v) is 8.68. The van der Waals surface area contributed by atoms with Gasteiger partial charge < -0.3 is 10.5 Å². The van der Waals surface area contributed by atoms with E-state index in [0.29, 0.717) is 5.82 Å². The van der Waals surface area contributed by atoms with Crippen LogP contribution >= 0.6 is 0 Å². The van der Waals surface area contributed by atoms with E-state index in [1.54, 1.807) is 13.3 Å². The average molecular weight is 206 g/mol. The topological polar surface area (TPSA) is 65.4 Å². The lowest BCUT2D eigenvalue weighted by Crippen LogP contribution is -1.99. The molecule has 5 heteroatoms. The molecule has 0 radical (unpaired) electrons. The van der Waals surface area contributed by atoms with E-state index in [2.05, 4.69) is 9.97 Å². The van der Waals surface area contributed by atoms with Gasteiger partial charge in [0.2, 0.25) is 0 Å². The molecule has 0 bridgehead atoms. The molecule has 0 saturated heterocycles. The summed E-state index contributed by atoms with van der Waals surface area (Å²) in [4.78, 5) is 8.22. The van der Waals surface area contributed by atoms with E-state index in [9.17, 15) is 0 Å². The molecule has 2 aromatic heterocycles. The number of fused-ring (bicyclic) bond motifs is 1. The monoisotopic (exact) mass is 206 g/mol. The van der Waals surface area contributed by atoms with Crippen molar-refractivity contribution >= 4 is 11.5 Å². The molecule has 80 valence electrons. The van der Waals surface area contributed by atoms with E-state index in [-0.39, 0.29) is 0 Å². The number of aryl methyl sites for hydroxylation is 1. The largest absolute Gasteiger partial charge is 0.385 e. The first-order valence-corrected chi connectivity index (χ1v) is 4.88. The van der Waals surface area contributed by atoms with Crippen LogP contribution in [0.25, 0.3) is 5.65 Å². The third-order valence-electron chi connectivity index (χ3n) is 2.31. The predicted octanol–water partition coefficient (Wildman–Crippen LogP) is 0.890. The van der Waals surface area contributed by atoms with E-state index < -0.39 is 0 Å². The van der Waals surface area contributed by atoms with Gasteiger partial charge in [0.05, 0.1) is 0 Å². The maximum atomic E-state index is 5.71. The van der Waals surface area contributed by atoms with Crippen LogP contribution in [0.3, 0.4) is 0 Å². The first kappa shape index (κ1) is 9.92. The number of nitrogens with two attached hydrogens (primary N) is 1. The van der Waals surface area contributed by atoms with Gasteiger partial charge in [0.15, 0.2) is 11.5 Å². The summed E-state index contributed by atoms with van der Waals surface area (Å²) in [6, 6.07) is 0. The molecule has 0 aliphatic carbocycles. The van der Waals surface area contributed by atoms with Crippen LogP contribution in [0.4, 0.5) is 5.82 Å². The minimum atomic E-state index is 0.468. The summed E-state index contributed by atoms with van der Waals surface area (Å²) < 4.78 is 6.98. The molecule has 0 aliphatic rings. The number of nitrogen functional groups attached to an aromatic ring is 1. The zero-order valence-electron chi connectivity index (χ0n) is 8.68. The highest BCUT2D eigenvalue weighted by Gasteiger charge is 2.05. The Morgan fingerprint density at radius 2 is 2.33 bits per heavy atom. The van der Waals surface area contributed by atoms with Gasteiger partial charge in [0.25, 0.3) is 0 Å². The fourth-order valence-corrected chi connectivity index (χ4v) is 1.57. The number of hydrogen-bond donors (Lipinski definition) is 1. The van der Waals surface area contributed by atoms with Crippen LogP contribution in [0.1, 0.15) is 12.1 Å². The number of aromatic nitrogens is 3. The highest BCUT2D eigenvalue weighted by molar-refractivity contribution is 5.59. The molecule has 0 aliphatic heterocycles. The molecule has 2 N–H and O–H groups in total. The fraction of sp³-hybridized carbons (Fsp3) is 0.400. The number of methoxy groups -OCH3 is 1. The van der Waals surface area contributed by atoms with Gasteiger partial charge in [0.1, 0.15) is 0 Å². The van der Waals surface area contributed by atoms with Crippen LogP contribution in [-0.2, 0) is 11.2 Å². The highest BCUT2D eigenvalue weighted by Crippen LogP contribution is 2.12. The minimum Gasteiger partial charge on any atom is -0.385 e. The van der Waals surface area contributed by atoms with Crippen LogP contribution < -0.4 is 5.73 Å². The fourth-order valence-electron chi connectivity index (χ4n) is 1.57. The number of nitrogens with zero attached hydrogens (tertiary/aromatic N) is 3. The van der Waals surface area contributed by atoms with Crippen molar-refractivity contribution in [3.63, 3.8) is 0 Å². The van der Waals surface area contributed by atoms with E-state index in [1.807, 2.05) is 16.8 Å². The Balaban J connectivity index is 2.25. The van der Waals surface area contributed by atoms with Crippen LogP contribution in [0.2, 0.25) is 0 Å². The second-order valence-corrected chi connectivity index (χ2v) is 3.35. The van der Waals surface area contributed by atoms with Gasteiger partial charge in [-0.3, -0.25) is 4.40 Å². The van der Waals surface area contributed by atoms with Crippen LogP contribution in [0.5, 0.6) is 0 Å². The zero-order chi connectivity index (χ0) is 10.7. The van der Waals surface area contributed by atoms with Crippen molar-refractivity contribution in [1.82, 2.24) is 14.4 Å². The first-order valence-electron chi connectivity index (χ1n) is 4.88. The van der Waals surface area contributed by atoms with Gasteiger partial charge in [-0.25, -0.2) is 9.97 Å². The van der Waals surface area contributed by atoms with Crippen LogP contribution in [-0.4, -0.2) is 28.1 Å². The van der Waals surface area contributed by atoms with Crippen molar-refractivity contribution < 1.29 is 4.74 Å². The molecular formula is C10H14N4O. The van der Waals surface area contributed by atoms with Crippen molar-refractivity contribution in [3.8, 4) is 0 Å². The molecule has 15 heavy (non-hydrogen) atoms. The molecule has 0 fully saturated rings. The number of anilines is 1. The number of ether oxygens (including phenoxy) is 1. The van der Waals surface area contributed by atoms with Gasteiger partial charge in [-0.15, -0.1) is 0 Å². The van der Waals surface area contributed by atoms with Crippen molar-refractivity contribution in [2.24, 2.45) is 0 Å². The summed E-state index contributed by atoms with van der Waals surface area (Å²) in [5.41, 5.74) is 7.57. The van der Waals surface area contributed by atoms with E-state index in [0.717, 1.165) is 30.8 Å². The Labute approximate surface area is 87.9 Å². The molecule has 0 aromatic carbocycles. The van der Waals surface area contributed by atoms with Crippen molar-refractivity contribution in [3.05, 3.63) is 24.3 Å². The molecule has 0 amide bonds. The van der Waals surface area contributed by atoms with Gasteiger partial charge >= 0.3 is 0 Å². The lowest BCUT2D eigenvalue weighted by Gasteiger charge is -2.01. The lowest BCUT2D eigenvalue weighted by atomic mass is 10.2. The Morgan fingerprint density at radius 1 is 1.47 bits per heavy atom. The quantitative estimate of drug-likeness (QED) is 0.754. The molecule has 0 saturated carbocycles. The number of rotatable bonds is 4. The van der Waals surface area contributed by atoms with Crippen LogP contribution in [0, 0.1) is 0 Å². The molecule has 2 heterocycles. The molecule has 2 aromatic rings. The molecular weight excluding hydrogens is 192 g/mol. The van der Waals surface area contributed by atoms with E-state index in [1.165, 1.54) is 0 Å². The molecule has 0 atom stereocenters. The van der Waals surface area contributed by atoms with Crippen molar-refractivity contribution in [2.45, 2.75) is 12.8 Å². The molecule has 0 spiro atoms. The Bertz CT molecular complexity index is 452. The van der Waals surface area contributed by atoms with Crippen molar-refractivity contribution in [1.29, 1.82) is 0 Å². The third kappa shape index (κ3) is 1.92. The smallest absolute Gasteiger partial charge is 0.180 e. The summed E-state index contributed by atoms with van der Waals surface area (Å²) in [7, 11) is 1.70. The maximum absolute atomic E-state index is 5.71. The van der Waals surface area contributed by atoms with Gasteiger partial charge in [-0.2, -0.15) is 0 Å². The molecule has 5 nitrogen and oxygen atoms in total. The Morgan fingerprint density at radius 3 is 3.13 bits per heavy atom. The van der Waals surface area contributed by atoms with Crippen molar-refractivity contribution in [2.75, 3.05) is 19.5 Å². The Kier molecular flexibility index (Phi) is 2.82. The van der Waals surface area contributed by atoms with Gasteiger partial charge in [-0.1, -0.05) is 0 Å². The molecule has 0 unspecified atom stereocenters. The van der Waals surface area contributed by atoms with Gasteiger partial charge in [-0.05, 0) is 12.8 Å². The standard InChI is InChI=1S/C10H14N4O/c1-15-6-2-3-8-7-13-10-9(11)12-4-5-14(8)10/h4-5,7H,2-3,6H2,1H3,(H2,11,12). The van der Waals surface area contributed by atoms with E-state index >= 15 is 0 Å². The third-order valence-corrected chi connectivity index (χ3v) is 2.31. The minimum absolute atomic E-state index is 0.468. The lowest BCUT2D eigenvalue weighted by molar-refractivity contribution is 0.195. The first-order chi connectivity index (χ1) is 7.33. The summed E-state index contributed by atoms with van der Waals surface area (Å²) in [6.45, 7) is 0.758. The maximum Gasteiger partial charge on any atom is 0.180 e. The second kappa shape index (κ2) is 4.27. The number of hydrogen-bond acceptors (Lipinski definition) is 4. The SMILES string of the molecule is COCCCc1cnc2c(N)nccn12. The average Bonchev–Trinajstić information content (AvgIpc) is 2.64. The van der Waals surface area contributed by atoms with E-state index in [4.69, 9.17) is 10.5 Å². The summed E-state index contributed by atoms with van der Waals surface area (Å²) in [5, 5.41) is 0. The van der Waals surface area contributed by atoms with Gasteiger partial charge in [0, 0.05) is 38.0 Å². The summed E-state index contributed by atoms with van der Waals surface area (Å²) in [6.07, 6.45) is 7.30. The number of imidazole rings is 1. The predicted molar refractivity (Wildman–Crippen MR) is 57.6 cm³/mol. The summed E-state index contributed by atoms with van der Waals surface area (Å²) >= 11 is 0. The second-order valence-electron chi connectivity index (χ2n) is 3.35. The van der Waals surface area contributed by atoms with Crippen LogP contribution in [0.15, 0.2) is 18.6 Å².